The van der Waals surface area contributed by atoms with Crippen molar-refractivity contribution in [3.05, 3.63) is 35.9 Å². The Hall–Kier alpha value is -2.29. The van der Waals surface area contributed by atoms with E-state index in [1.165, 1.54) is 17.0 Å². The van der Waals surface area contributed by atoms with Gasteiger partial charge in [-0.1, -0.05) is 112 Å². The number of carbonyl (C=O) groups excluding carboxylic acids is 3. The number of hydrogen-bond acceptors (Lipinski definition) is 6. The summed E-state index contributed by atoms with van der Waals surface area (Å²) >= 11 is 0. The third-order valence-electron chi connectivity index (χ3n) is 10.2. The molecular formula is C42H76N2O6. The van der Waals surface area contributed by atoms with Crippen LogP contribution in [0.3, 0.4) is 0 Å². The van der Waals surface area contributed by atoms with Gasteiger partial charge in [-0.25, -0.2) is 5.06 Å². The highest BCUT2D eigenvalue weighted by Crippen LogP contribution is 2.50. The second kappa shape index (κ2) is 27.4. The quantitative estimate of drug-likeness (QED) is 0.159. The number of benzene rings is 1. The van der Waals surface area contributed by atoms with Crippen LogP contribution in [0, 0.1) is 23.7 Å². The molecule has 290 valence electrons. The number of rotatable bonds is 16. The average Bonchev–Trinajstić information content (AvgIpc) is 3.74. The molecule has 3 fully saturated rings. The lowest BCUT2D eigenvalue weighted by atomic mass is 9.82. The van der Waals surface area contributed by atoms with E-state index in [2.05, 4.69) is 58.9 Å². The number of ketones is 1. The first kappa shape index (κ1) is 47.7. The topological polar surface area (TPSA) is 85.4 Å². The molecule has 8 heteroatoms. The number of nitrogens with zero attached hydrogens (tertiary/aromatic N) is 2. The van der Waals surface area contributed by atoms with Crippen molar-refractivity contribution >= 4 is 18.1 Å². The summed E-state index contributed by atoms with van der Waals surface area (Å²) in [5.74, 6) is 2.01. The molecule has 50 heavy (non-hydrogen) atoms. The molecule has 8 nitrogen and oxygen atoms in total. The summed E-state index contributed by atoms with van der Waals surface area (Å²) < 4.78 is 11.8. The lowest BCUT2D eigenvalue weighted by molar-refractivity contribution is -0.182. The smallest absolute Gasteiger partial charge is 0.233 e. The van der Waals surface area contributed by atoms with Crippen LogP contribution >= 0.6 is 0 Å². The normalized spacial score (nSPS) is 22.3. The van der Waals surface area contributed by atoms with Gasteiger partial charge in [0, 0.05) is 39.6 Å². The summed E-state index contributed by atoms with van der Waals surface area (Å²) in [6, 6.07) is 10.5. The number of Topliss-reactive ketones (excluding diaryl/α,β-unsaturated/α-hetero) is 1. The zero-order chi connectivity index (χ0) is 36.8. The molecule has 2 amide bonds. The minimum Gasteiger partial charge on any atom is -0.381 e. The van der Waals surface area contributed by atoms with Crippen molar-refractivity contribution in [2.45, 2.75) is 158 Å². The van der Waals surface area contributed by atoms with Crippen molar-refractivity contribution in [3.63, 3.8) is 0 Å². The molecule has 3 aliphatic rings. The van der Waals surface area contributed by atoms with Gasteiger partial charge >= 0.3 is 0 Å². The van der Waals surface area contributed by atoms with E-state index < -0.39 is 0 Å². The zero-order valence-electron chi connectivity index (χ0n) is 32.8. The van der Waals surface area contributed by atoms with Crippen LogP contribution in [-0.2, 0) is 28.7 Å². The average molecular weight is 705 g/mol. The van der Waals surface area contributed by atoms with Crippen LogP contribution in [0.25, 0.3) is 0 Å². The number of hydrogen-bond donors (Lipinski definition) is 0. The number of methoxy groups -OCH3 is 2. The molecule has 1 aromatic carbocycles. The Morgan fingerprint density at radius 2 is 1.64 bits per heavy atom. The minimum absolute atomic E-state index is 0. The van der Waals surface area contributed by atoms with E-state index >= 15 is 0 Å². The molecule has 8 atom stereocenters. The molecule has 1 aliphatic carbocycles. The predicted molar refractivity (Wildman–Crippen MR) is 207 cm³/mol. The Morgan fingerprint density at radius 3 is 2.14 bits per heavy atom. The highest BCUT2D eigenvalue weighted by molar-refractivity contribution is 5.82. The van der Waals surface area contributed by atoms with Gasteiger partial charge in [-0.2, -0.15) is 0 Å². The van der Waals surface area contributed by atoms with E-state index in [0.29, 0.717) is 43.1 Å². The summed E-state index contributed by atoms with van der Waals surface area (Å²) in [6.07, 6.45) is 11.0. The van der Waals surface area contributed by atoms with Gasteiger partial charge in [0.2, 0.25) is 12.3 Å². The van der Waals surface area contributed by atoms with Crippen LogP contribution in [0.1, 0.15) is 145 Å². The van der Waals surface area contributed by atoms with Gasteiger partial charge in [-0.05, 0) is 67.8 Å². The molecule has 2 heterocycles. The van der Waals surface area contributed by atoms with Gasteiger partial charge in [0.1, 0.15) is 5.78 Å². The highest BCUT2D eigenvalue weighted by Gasteiger charge is 2.44. The lowest BCUT2D eigenvalue weighted by Gasteiger charge is -2.36. The van der Waals surface area contributed by atoms with Crippen molar-refractivity contribution in [3.8, 4) is 0 Å². The maximum Gasteiger partial charge on any atom is 0.233 e. The van der Waals surface area contributed by atoms with Gasteiger partial charge in [0.05, 0.1) is 31.3 Å². The molecule has 5 unspecified atom stereocenters. The van der Waals surface area contributed by atoms with E-state index in [-0.39, 0.29) is 43.3 Å². The van der Waals surface area contributed by atoms with Crippen molar-refractivity contribution in [1.29, 1.82) is 0 Å². The predicted octanol–water partition coefficient (Wildman–Crippen LogP) is 9.51. The van der Waals surface area contributed by atoms with Gasteiger partial charge in [0.15, 0.2) is 0 Å². The van der Waals surface area contributed by atoms with Crippen LogP contribution in [0.5, 0.6) is 0 Å². The number of hydroxylamine groups is 2. The Kier molecular flexibility index (Phi) is 26.1. The van der Waals surface area contributed by atoms with Crippen molar-refractivity contribution in [2.24, 2.45) is 23.7 Å². The fraction of sp³-hybridized carbons (Fsp3) is 0.786. The van der Waals surface area contributed by atoms with E-state index in [0.717, 1.165) is 70.9 Å². The molecule has 0 N–H and O–H groups in total. The Balaban J connectivity index is 0.00000145. The molecule has 4 rings (SSSR count). The Morgan fingerprint density at radius 1 is 0.980 bits per heavy atom. The molecule has 1 aromatic rings. The summed E-state index contributed by atoms with van der Waals surface area (Å²) in [6.45, 7) is 19.1. The highest BCUT2D eigenvalue weighted by atomic mass is 16.7. The number of ether oxygens (including phenoxy) is 2. The monoisotopic (exact) mass is 705 g/mol. The third kappa shape index (κ3) is 15.5. The standard InChI is InChI=1S/C31H49NO4.C5H9NO2.C3H8.C2H6.CH4/c1-7-13-25(21(3)8-2)29(35-5)20-30(34)32-17-12-16-27(32)31(36-6)22(4)28(33)19-24-18-26(24)23-14-10-9-11-15-23;7-5-6-3-1-2-4-8-6;1-3-2;1-2;/h9-11,14-15,21-22,24-27,29,31H,7-8,12-13,16-20H2,1-6H3;5H,1-4H2;3H2,1-2H3;1-2H3;1H4/t21?,22?,24-,25+,26-,27?,29?,31?;;;;/m1..../s1. The molecule has 0 aromatic heterocycles. The third-order valence-corrected chi connectivity index (χ3v) is 10.2. The molecular weight excluding hydrogens is 628 g/mol. The molecule has 0 radical (unpaired) electrons. The van der Waals surface area contributed by atoms with Gasteiger partial charge in [-0.3, -0.25) is 19.2 Å². The first-order valence-electron chi connectivity index (χ1n) is 19.5. The first-order valence-corrected chi connectivity index (χ1v) is 19.5. The fourth-order valence-electron chi connectivity index (χ4n) is 7.22. The van der Waals surface area contributed by atoms with Crippen LogP contribution in [0.2, 0.25) is 0 Å². The van der Waals surface area contributed by atoms with E-state index in [9.17, 15) is 14.4 Å². The summed E-state index contributed by atoms with van der Waals surface area (Å²) in [5.41, 5.74) is 1.34. The number of likely N-dealkylation sites (tertiary alicyclic amines) is 1. The van der Waals surface area contributed by atoms with Gasteiger partial charge in [-0.15, -0.1) is 0 Å². The maximum atomic E-state index is 13.6. The van der Waals surface area contributed by atoms with Crippen LogP contribution in [0.4, 0.5) is 0 Å². The fourth-order valence-corrected chi connectivity index (χ4v) is 7.22. The molecule has 0 bridgehead atoms. The largest absolute Gasteiger partial charge is 0.381 e. The zero-order valence-corrected chi connectivity index (χ0v) is 32.8. The van der Waals surface area contributed by atoms with Crippen molar-refractivity contribution in [2.75, 3.05) is 33.9 Å². The van der Waals surface area contributed by atoms with Crippen LogP contribution in [-0.4, -0.2) is 80.2 Å². The van der Waals surface area contributed by atoms with Crippen molar-refractivity contribution < 1.29 is 28.7 Å². The minimum atomic E-state index is -0.264. The molecule has 1 saturated carbocycles. The molecule has 2 aliphatic heterocycles. The first-order chi connectivity index (χ1) is 23.7. The van der Waals surface area contributed by atoms with Gasteiger partial charge in [0.25, 0.3) is 0 Å². The summed E-state index contributed by atoms with van der Waals surface area (Å²) in [7, 11) is 3.43. The van der Waals surface area contributed by atoms with E-state index in [1.54, 1.807) is 14.2 Å². The maximum absolute atomic E-state index is 13.6. The Bertz CT molecular complexity index is 1020. The Labute approximate surface area is 307 Å². The number of amides is 2. The van der Waals surface area contributed by atoms with E-state index in [1.807, 2.05) is 31.7 Å². The van der Waals surface area contributed by atoms with Crippen LogP contribution < -0.4 is 0 Å². The van der Waals surface area contributed by atoms with Gasteiger partial charge < -0.3 is 14.4 Å². The SMILES string of the molecule is C.CC.CCC.CCC[C@@H](C(C)CC)C(CC(=O)N1CCCC1C(OC)C(C)C(=O)C[C@H]1C[C@@H]1c1ccccc1)OC.O=CN1CCCCO1. The number of carbonyl (C=O) groups is 3. The molecule has 2 saturated heterocycles. The lowest BCUT2D eigenvalue weighted by Crippen LogP contribution is -2.49. The van der Waals surface area contributed by atoms with Crippen molar-refractivity contribution in [1.82, 2.24) is 9.96 Å². The summed E-state index contributed by atoms with van der Waals surface area (Å²) in [5, 5.41) is 1.34. The molecule has 0 spiro atoms. The van der Waals surface area contributed by atoms with E-state index in [4.69, 9.17) is 14.3 Å². The second-order valence-corrected chi connectivity index (χ2v) is 13.8. The summed E-state index contributed by atoms with van der Waals surface area (Å²) in [4.78, 5) is 43.7. The van der Waals surface area contributed by atoms with Crippen LogP contribution in [0.15, 0.2) is 30.3 Å². The second-order valence-electron chi connectivity index (χ2n) is 13.8.